The smallest absolute Gasteiger partial charge is 0.0933 e. The first-order chi connectivity index (χ1) is 9.23. The van der Waals surface area contributed by atoms with Gasteiger partial charge in [0.1, 0.15) is 0 Å². The molecular weight excluding hydrogens is 260 g/mol. The third-order valence-electron chi connectivity index (χ3n) is 6.44. The third-order valence-corrected chi connectivity index (χ3v) is 6.44. The van der Waals surface area contributed by atoms with Crippen LogP contribution in [0.5, 0.6) is 0 Å². The van der Waals surface area contributed by atoms with Gasteiger partial charge in [-0.1, -0.05) is 6.92 Å². The Morgan fingerprint density at radius 2 is 1.80 bits per heavy atom. The van der Waals surface area contributed by atoms with Crippen molar-refractivity contribution in [1.29, 1.82) is 0 Å². The van der Waals surface area contributed by atoms with Crippen molar-refractivity contribution in [2.24, 2.45) is 17.3 Å². The molecule has 20 heavy (non-hydrogen) atoms. The van der Waals surface area contributed by atoms with E-state index in [1.54, 1.807) is 0 Å². The molecule has 0 aromatic rings. The van der Waals surface area contributed by atoms with Gasteiger partial charge in [-0.25, -0.2) is 0 Å². The molecule has 7 atom stereocenters. The number of rotatable bonds is 1. The van der Waals surface area contributed by atoms with Crippen LogP contribution < -0.4 is 0 Å². The summed E-state index contributed by atoms with van der Waals surface area (Å²) >= 11 is 0. The molecule has 2 aliphatic carbocycles. The van der Waals surface area contributed by atoms with E-state index in [2.05, 4.69) is 6.92 Å². The van der Waals surface area contributed by atoms with Crippen molar-refractivity contribution in [1.82, 2.24) is 0 Å². The first kappa shape index (κ1) is 14.7. The second kappa shape index (κ2) is 4.17. The van der Waals surface area contributed by atoms with Gasteiger partial charge in [0, 0.05) is 5.92 Å². The van der Waals surface area contributed by atoms with E-state index in [9.17, 15) is 20.4 Å². The van der Waals surface area contributed by atoms with Gasteiger partial charge in [-0.15, -0.1) is 0 Å². The fourth-order valence-electron chi connectivity index (χ4n) is 5.22. The molecule has 3 rings (SSSR count). The van der Waals surface area contributed by atoms with Gasteiger partial charge in [-0.2, -0.15) is 0 Å². The Labute approximate surface area is 119 Å². The van der Waals surface area contributed by atoms with Crippen molar-refractivity contribution in [2.45, 2.75) is 69.5 Å². The molecule has 1 aliphatic heterocycles. The Morgan fingerprint density at radius 3 is 2.40 bits per heavy atom. The Hall–Kier alpha value is -0.200. The monoisotopic (exact) mass is 286 g/mol. The lowest BCUT2D eigenvalue weighted by Gasteiger charge is -2.60. The van der Waals surface area contributed by atoms with E-state index in [0.29, 0.717) is 12.8 Å². The highest BCUT2D eigenvalue weighted by Crippen LogP contribution is 2.65. The topological polar surface area (TPSA) is 90.2 Å². The molecule has 5 heteroatoms. The zero-order chi connectivity index (χ0) is 14.9. The minimum Gasteiger partial charge on any atom is -0.395 e. The Kier molecular flexibility index (Phi) is 3.07. The fraction of sp³-hybridized carbons (Fsp3) is 1.00. The lowest BCUT2D eigenvalue weighted by atomic mass is 9.49. The predicted molar refractivity (Wildman–Crippen MR) is 71.9 cm³/mol. The molecule has 0 radical (unpaired) electrons. The summed E-state index contributed by atoms with van der Waals surface area (Å²) in [5.41, 5.74) is -2.51. The SMILES string of the molecule is C[C@@H]1CC[C@H](O)[C@@]2(CO)[C@@H](O)[C@@H](O)[C@@H]3C[C@]12OC3(C)C. The molecule has 1 spiro atoms. The van der Waals surface area contributed by atoms with Gasteiger partial charge in [0.2, 0.25) is 0 Å². The lowest BCUT2D eigenvalue weighted by molar-refractivity contribution is -0.283. The fourth-order valence-corrected chi connectivity index (χ4v) is 5.22. The molecule has 3 fully saturated rings. The number of aliphatic hydroxyl groups is 4. The van der Waals surface area contributed by atoms with Crippen molar-refractivity contribution >= 4 is 0 Å². The Morgan fingerprint density at radius 1 is 1.15 bits per heavy atom. The minimum atomic E-state index is -1.19. The molecular formula is C15H26O5. The third kappa shape index (κ3) is 1.40. The molecule has 0 unspecified atom stereocenters. The maximum absolute atomic E-state index is 10.7. The predicted octanol–water partition coefficient (Wildman–Crippen LogP) is 0.0452. The van der Waals surface area contributed by atoms with Crippen LogP contribution in [0.4, 0.5) is 0 Å². The Bertz CT molecular complexity index is 411. The molecule has 0 amide bonds. The normalized spacial score (nSPS) is 57.5. The van der Waals surface area contributed by atoms with Crippen LogP contribution in [-0.2, 0) is 4.74 Å². The van der Waals surface area contributed by atoms with Crippen molar-refractivity contribution in [3.63, 3.8) is 0 Å². The van der Waals surface area contributed by atoms with E-state index in [-0.39, 0.29) is 18.4 Å². The van der Waals surface area contributed by atoms with Crippen molar-refractivity contribution in [3.8, 4) is 0 Å². The average molecular weight is 286 g/mol. The van der Waals surface area contributed by atoms with Gasteiger partial charge in [0.15, 0.2) is 0 Å². The summed E-state index contributed by atoms with van der Waals surface area (Å²) in [5, 5.41) is 41.7. The van der Waals surface area contributed by atoms with Crippen molar-refractivity contribution in [2.75, 3.05) is 6.61 Å². The standard InChI is InChI=1S/C15H26O5/c1-8-4-5-10(17)14(7-16)12(19)11(18)9-6-15(8,14)20-13(9,2)3/h8-12,16-19H,4-7H2,1-3H3/t8-,9+,10+,11+,12+,14+,15+/m1/s1. The number of hydrogen-bond donors (Lipinski definition) is 4. The van der Waals surface area contributed by atoms with Crippen LogP contribution in [-0.4, -0.2) is 56.5 Å². The van der Waals surface area contributed by atoms with E-state index in [1.807, 2.05) is 13.8 Å². The largest absolute Gasteiger partial charge is 0.395 e. The maximum atomic E-state index is 10.7. The molecule has 1 heterocycles. The molecule has 3 aliphatic rings. The molecule has 0 aromatic carbocycles. The molecule has 2 bridgehead atoms. The highest BCUT2D eigenvalue weighted by Gasteiger charge is 2.75. The first-order valence-electron chi connectivity index (χ1n) is 7.58. The summed E-state index contributed by atoms with van der Waals surface area (Å²) in [6.07, 6.45) is -1.10. The van der Waals surface area contributed by atoms with Crippen LogP contribution in [0.25, 0.3) is 0 Å². The lowest BCUT2D eigenvalue weighted by Crippen LogP contribution is -2.72. The Balaban J connectivity index is 2.19. The number of hydrogen-bond acceptors (Lipinski definition) is 5. The van der Waals surface area contributed by atoms with Gasteiger partial charge in [-0.3, -0.25) is 0 Å². The molecule has 4 N–H and O–H groups in total. The van der Waals surface area contributed by atoms with Gasteiger partial charge in [0.05, 0.1) is 41.5 Å². The van der Waals surface area contributed by atoms with E-state index < -0.39 is 34.9 Å². The molecule has 1 saturated heterocycles. The highest BCUT2D eigenvalue weighted by molar-refractivity contribution is 5.23. The first-order valence-corrected chi connectivity index (χ1v) is 7.58. The van der Waals surface area contributed by atoms with Crippen LogP contribution in [0.2, 0.25) is 0 Å². The van der Waals surface area contributed by atoms with Gasteiger partial charge >= 0.3 is 0 Å². The molecule has 116 valence electrons. The van der Waals surface area contributed by atoms with Crippen molar-refractivity contribution in [3.05, 3.63) is 0 Å². The highest BCUT2D eigenvalue weighted by atomic mass is 16.5. The maximum Gasteiger partial charge on any atom is 0.0933 e. The summed E-state index contributed by atoms with van der Waals surface area (Å²) < 4.78 is 6.34. The van der Waals surface area contributed by atoms with E-state index in [1.165, 1.54) is 0 Å². The van der Waals surface area contributed by atoms with Crippen LogP contribution in [0.1, 0.15) is 40.0 Å². The summed E-state index contributed by atoms with van der Waals surface area (Å²) in [6.45, 7) is 5.52. The number of aliphatic hydroxyl groups excluding tert-OH is 4. The zero-order valence-electron chi connectivity index (χ0n) is 12.4. The van der Waals surface area contributed by atoms with Gasteiger partial charge in [0.25, 0.3) is 0 Å². The molecule has 0 aromatic heterocycles. The summed E-state index contributed by atoms with van der Waals surface area (Å²) in [4.78, 5) is 0. The van der Waals surface area contributed by atoms with Crippen molar-refractivity contribution < 1.29 is 25.2 Å². The van der Waals surface area contributed by atoms with Gasteiger partial charge in [-0.05, 0) is 39.0 Å². The molecule has 2 saturated carbocycles. The zero-order valence-corrected chi connectivity index (χ0v) is 12.4. The second-order valence-corrected chi connectivity index (χ2v) is 7.53. The van der Waals surface area contributed by atoms with E-state index in [4.69, 9.17) is 4.74 Å². The van der Waals surface area contributed by atoms with Crippen LogP contribution >= 0.6 is 0 Å². The van der Waals surface area contributed by atoms with Gasteiger partial charge < -0.3 is 25.2 Å². The minimum absolute atomic E-state index is 0.129. The van der Waals surface area contributed by atoms with E-state index in [0.717, 1.165) is 6.42 Å². The molecule has 5 nitrogen and oxygen atoms in total. The number of ether oxygens (including phenoxy) is 1. The quantitative estimate of drug-likeness (QED) is 0.547. The number of fused-ring (bicyclic) bond motifs is 1. The average Bonchev–Trinajstić information content (AvgIpc) is 2.64. The summed E-state index contributed by atoms with van der Waals surface area (Å²) in [7, 11) is 0. The van der Waals surface area contributed by atoms with Crippen LogP contribution in [0.15, 0.2) is 0 Å². The van der Waals surface area contributed by atoms with E-state index >= 15 is 0 Å². The van der Waals surface area contributed by atoms with Crippen LogP contribution in [0, 0.1) is 17.3 Å². The van der Waals surface area contributed by atoms with Crippen LogP contribution in [0.3, 0.4) is 0 Å². The summed E-state index contributed by atoms with van der Waals surface area (Å²) in [6, 6.07) is 0. The second-order valence-electron chi connectivity index (χ2n) is 7.53. The summed E-state index contributed by atoms with van der Waals surface area (Å²) in [5.74, 6) is -0.0469.